The number of rotatable bonds is 2. The van der Waals surface area contributed by atoms with Crippen molar-refractivity contribution in [1.29, 1.82) is 0 Å². The Morgan fingerprint density at radius 1 is 1.30 bits per heavy atom. The number of hydrogen-bond donors (Lipinski definition) is 1. The first-order valence-electron chi connectivity index (χ1n) is 7.25. The van der Waals surface area contributed by atoms with E-state index in [0.717, 1.165) is 18.6 Å². The van der Waals surface area contributed by atoms with E-state index in [1.54, 1.807) is 0 Å². The smallest absolute Gasteiger partial charge is 0.0634 e. The SMILES string of the molecule is C/N=C(C)\C=C(\C)c1ccc2c(c1)CC(C)(C)C(O)C2. The van der Waals surface area contributed by atoms with E-state index in [4.69, 9.17) is 0 Å². The highest BCUT2D eigenvalue weighted by Crippen LogP contribution is 2.36. The van der Waals surface area contributed by atoms with Gasteiger partial charge in [-0.1, -0.05) is 32.0 Å². The van der Waals surface area contributed by atoms with Crippen LogP contribution in [-0.4, -0.2) is 24.0 Å². The summed E-state index contributed by atoms with van der Waals surface area (Å²) < 4.78 is 0. The van der Waals surface area contributed by atoms with E-state index >= 15 is 0 Å². The molecule has 0 bridgehead atoms. The van der Waals surface area contributed by atoms with Gasteiger partial charge >= 0.3 is 0 Å². The van der Waals surface area contributed by atoms with Crippen molar-refractivity contribution in [3.8, 4) is 0 Å². The minimum atomic E-state index is -0.244. The van der Waals surface area contributed by atoms with Gasteiger partial charge in [0.15, 0.2) is 0 Å². The molecule has 0 amide bonds. The number of hydrogen-bond acceptors (Lipinski definition) is 2. The van der Waals surface area contributed by atoms with Crippen molar-refractivity contribution in [2.75, 3.05) is 7.05 Å². The van der Waals surface area contributed by atoms with E-state index in [2.05, 4.69) is 50.0 Å². The fraction of sp³-hybridized carbons (Fsp3) is 0.500. The van der Waals surface area contributed by atoms with Crippen molar-refractivity contribution in [3.63, 3.8) is 0 Å². The zero-order valence-corrected chi connectivity index (χ0v) is 13.2. The van der Waals surface area contributed by atoms with Gasteiger partial charge in [0, 0.05) is 12.8 Å². The van der Waals surface area contributed by atoms with Crippen LogP contribution in [0.5, 0.6) is 0 Å². The van der Waals surface area contributed by atoms with Gasteiger partial charge in [-0.05, 0) is 60.4 Å². The number of aliphatic imine (C=N–C) groups is 1. The highest BCUT2D eigenvalue weighted by atomic mass is 16.3. The molecule has 1 aliphatic carbocycles. The van der Waals surface area contributed by atoms with Crippen LogP contribution in [0.2, 0.25) is 0 Å². The normalized spacial score (nSPS) is 22.6. The van der Waals surface area contributed by atoms with Crippen molar-refractivity contribution in [1.82, 2.24) is 0 Å². The van der Waals surface area contributed by atoms with Crippen LogP contribution in [0.25, 0.3) is 5.57 Å². The highest BCUT2D eigenvalue weighted by Gasteiger charge is 2.33. The van der Waals surface area contributed by atoms with Gasteiger partial charge in [-0.25, -0.2) is 0 Å². The third-order valence-corrected chi connectivity index (χ3v) is 4.40. The molecular weight excluding hydrogens is 246 g/mol. The molecule has 1 aromatic rings. The summed E-state index contributed by atoms with van der Waals surface area (Å²) in [6.45, 7) is 8.42. The predicted octanol–water partition coefficient (Wildman–Crippen LogP) is 3.67. The second-order valence-corrected chi connectivity index (χ2v) is 6.56. The molecule has 0 heterocycles. The molecule has 2 heteroatoms. The average Bonchev–Trinajstić information content (AvgIpc) is 2.38. The molecule has 0 fully saturated rings. The van der Waals surface area contributed by atoms with E-state index in [1.807, 2.05) is 14.0 Å². The van der Waals surface area contributed by atoms with Crippen LogP contribution in [0.4, 0.5) is 0 Å². The van der Waals surface area contributed by atoms with E-state index < -0.39 is 0 Å². The molecule has 0 spiro atoms. The van der Waals surface area contributed by atoms with Crippen LogP contribution in [0.3, 0.4) is 0 Å². The molecule has 1 unspecified atom stereocenters. The lowest BCUT2D eigenvalue weighted by Gasteiger charge is -2.36. The molecule has 0 radical (unpaired) electrons. The third-order valence-electron chi connectivity index (χ3n) is 4.40. The van der Waals surface area contributed by atoms with E-state index in [-0.39, 0.29) is 11.5 Å². The monoisotopic (exact) mass is 271 g/mol. The summed E-state index contributed by atoms with van der Waals surface area (Å²) in [6, 6.07) is 6.59. The lowest BCUT2D eigenvalue weighted by Crippen LogP contribution is -2.37. The van der Waals surface area contributed by atoms with Gasteiger partial charge in [0.25, 0.3) is 0 Å². The van der Waals surface area contributed by atoms with E-state index in [1.165, 1.54) is 22.3 Å². The van der Waals surface area contributed by atoms with Gasteiger partial charge in [0.2, 0.25) is 0 Å². The molecule has 2 rings (SSSR count). The van der Waals surface area contributed by atoms with Crippen molar-refractivity contribution < 1.29 is 5.11 Å². The van der Waals surface area contributed by atoms with Crippen LogP contribution in [0.15, 0.2) is 29.3 Å². The first-order chi connectivity index (χ1) is 9.33. The Kier molecular flexibility index (Phi) is 4.14. The third kappa shape index (κ3) is 3.01. The Morgan fingerprint density at radius 2 is 2.00 bits per heavy atom. The standard InChI is InChI=1S/C18H25NO/c1-12(8-13(2)19-5)14-6-7-15-10-17(20)18(3,4)11-16(15)9-14/h6-9,17,20H,10-11H2,1-5H3/b12-8-,19-13-. The van der Waals surface area contributed by atoms with Crippen LogP contribution < -0.4 is 0 Å². The summed E-state index contributed by atoms with van der Waals surface area (Å²) in [5.74, 6) is 0. The van der Waals surface area contributed by atoms with Gasteiger partial charge in [0.1, 0.15) is 0 Å². The zero-order chi connectivity index (χ0) is 14.9. The second-order valence-electron chi connectivity index (χ2n) is 6.56. The van der Waals surface area contributed by atoms with Crippen molar-refractivity contribution in [2.24, 2.45) is 10.4 Å². The maximum Gasteiger partial charge on any atom is 0.0634 e. The highest BCUT2D eigenvalue weighted by molar-refractivity contribution is 5.98. The van der Waals surface area contributed by atoms with Gasteiger partial charge in [-0.2, -0.15) is 0 Å². The molecule has 2 nitrogen and oxygen atoms in total. The number of fused-ring (bicyclic) bond motifs is 1. The molecule has 0 aromatic heterocycles. The summed E-state index contributed by atoms with van der Waals surface area (Å²) in [6.07, 6.45) is 3.57. The maximum absolute atomic E-state index is 10.2. The Hall–Kier alpha value is -1.41. The van der Waals surface area contributed by atoms with Gasteiger partial charge in [-0.3, -0.25) is 4.99 Å². The Balaban J connectivity index is 2.36. The van der Waals surface area contributed by atoms with Crippen molar-refractivity contribution in [2.45, 2.75) is 46.6 Å². The van der Waals surface area contributed by atoms with E-state index in [9.17, 15) is 5.11 Å². The minimum absolute atomic E-state index is 0.0377. The van der Waals surface area contributed by atoms with Crippen LogP contribution >= 0.6 is 0 Å². The zero-order valence-electron chi connectivity index (χ0n) is 13.2. The minimum Gasteiger partial charge on any atom is -0.392 e. The fourth-order valence-electron chi connectivity index (χ4n) is 2.79. The van der Waals surface area contributed by atoms with Gasteiger partial charge in [0.05, 0.1) is 6.10 Å². The second kappa shape index (κ2) is 5.53. The number of aliphatic hydroxyl groups excluding tert-OH is 1. The lowest BCUT2D eigenvalue weighted by molar-refractivity contribution is 0.0426. The Bertz CT molecular complexity index is 567. The summed E-state index contributed by atoms with van der Waals surface area (Å²) in [7, 11) is 1.82. The fourth-order valence-corrected chi connectivity index (χ4v) is 2.79. The first-order valence-corrected chi connectivity index (χ1v) is 7.25. The molecular formula is C18H25NO. The van der Waals surface area contributed by atoms with Crippen LogP contribution in [0, 0.1) is 5.41 Å². The molecule has 1 aromatic carbocycles. The number of nitrogens with zero attached hydrogens (tertiary/aromatic N) is 1. The van der Waals surface area contributed by atoms with Crippen LogP contribution in [-0.2, 0) is 12.8 Å². The molecule has 20 heavy (non-hydrogen) atoms. The molecule has 0 saturated heterocycles. The Morgan fingerprint density at radius 3 is 2.65 bits per heavy atom. The van der Waals surface area contributed by atoms with Crippen molar-refractivity contribution >= 4 is 11.3 Å². The quantitative estimate of drug-likeness (QED) is 0.818. The number of benzene rings is 1. The van der Waals surface area contributed by atoms with Crippen LogP contribution in [0.1, 0.15) is 44.4 Å². The van der Waals surface area contributed by atoms with Gasteiger partial charge < -0.3 is 5.11 Å². The topological polar surface area (TPSA) is 32.6 Å². The molecule has 0 aliphatic heterocycles. The number of aliphatic hydroxyl groups is 1. The molecule has 108 valence electrons. The Labute approximate surface area is 122 Å². The lowest BCUT2D eigenvalue weighted by atomic mass is 9.72. The largest absolute Gasteiger partial charge is 0.392 e. The average molecular weight is 271 g/mol. The summed E-state index contributed by atoms with van der Waals surface area (Å²) in [5.41, 5.74) is 6.14. The summed E-state index contributed by atoms with van der Waals surface area (Å²) in [4.78, 5) is 4.18. The number of allylic oxidation sites excluding steroid dienone is 2. The molecule has 0 saturated carbocycles. The molecule has 1 aliphatic rings. The molecule has 1 atom stereocenters. The summed E-state index contributed by atoms with van der Waals surface area (Å²) >= 11 is 0. The van der Waals surface area contributed by atoms with Gasteiger partial charge in [-0.15, -0.1) is 0 Å². The predicted molar refractivity (Wildman–Crippen MR) is 86.3 cm³/mol. The van der Waals surface area contributed by atoms with Crippen molar-refractivity contribution in [3.05, 3.63) is 41.0 Å². The summed E-state index contributed by atoms with van der Waals surface area (Å²) in [5, 5.41) is 10.2. The first kappa shape index (κ1) is 15.0. The molecule has 1 N–H and O–H groups in total. The maximum atomic E-state index is 10.2. The van der Waals surface area contributed by atoms with E-state index in [0.29, 0.717) is 0 Å².